The van der Waals surface area contributed by atoms with Crippen LogP contribution < -0.4 is 0 Å². The first kappa shape index (κ1) is 41.7. The van der Waals surface area contributed by atoms with Crippen LogP contribution in [0.25, 0.3) is 128 Å². The summed E-state index contributed by atoms with van der Waals surface area (Å²) in [5.74, 6) is 0.678. The van der Waals surface area contributed by atoms with Crippen LogP contribution in [0.3, 0.4) is 0 Å². The van der Waals surface area contributed by atoms with Gasteiger partial charge in [0.15, 0.2) is 5.82 Å². The number of nitrogens with zero attached hydrogens (tertiary/aromatic N) is 3. The van der Waals surface area contributed by atoms with Crippen molar-refractivity contribution in [3.05, 3.63) is 273 Å². The fourth-order valence-corrected chi connectivity index (χ4v) is 10.3. The van der Waals surface area contributed by atoms with E-state index in [1.165, 1.54) is 60.4 Å². The summed E-state index contributed by atoms with van der Waals surface area (Å²) in [4.78, 5) is 10.6. The molecule has 0 fully saturated rings. The van der Waals surface area contributed by atoms with E-state index in [1.54, 1.807) is 0 Å². The molecule has 3 nitrogen and oxygen atoms in total. The zero-order valence-corrected chi connectivity index (χ0v) is 38.8. The van der Waals surface area contributed by atoms with Crippen molar-refractivity contribution in [1.29, 1.82) is 0 Å². The molecule has 0 N–H and O–H groups in total. The SMILES string of the molecule is c1ccc(-c2cccc(-c3cccc(-c4ccc(-c5cc(-c6ccc(-c7cccc(-n8c9ccccc9c9ccccc98)c7)cc6)nc(-c6cccc(-c7cccc8ccccc78)c6)n5)cc4)c3)c2)cc1. The zero-order chi connectivity index (χ0) is 47.1. The van der Waals surface area contributed by atoms with Crippen LogP contribution in [-0.2, 0) is 0 Å². The van der Waals surface area contributed by atoms with Gasteiger partial charge in [0.05, 0.1) is 22.4 Å². The van der Waals surface area contributed by atoms with Crippen molar-refractivity contribution in [2.75, 3.05) is 0 Å². The molecule has 0 radical (unpaired) electrons. The van der Waals surface area contributed by atoms with Gasteiger partial charge in [-0.3, -0.25) is 0 Å². The normalized spacial score (nSPS) is 11.4. The van der Waals surface area contributed by atoms with Gasteiger partial charge in [0.1, 0.15) is 0 Å². The topological polar surface area (TPSA) is 30.7 Å². The fourth-order valence-electron chi connectivity index (χ4n) is 10.3. The van der Waals surface area contributed by atoms with E-state index in [1.807, 2.05) is 0 Å². The lowest BCUT2D eigenvalue weighted by atomic mass is 9.95. The summed E-state index contributed by atoms with van der Waals surface area (Å²) in [5, 5.41) is 4.94. The maximum Gasteiger partial charge on any atom is 0.160 e. The summed E-state index contributed by atoms with van der Waals surface area (Å²) in [6.07, 6.45) is 0. The zero-order valence-electron chi connectivity index (χ0n) is 38.8. The van der Waals surface area contributed by atoms with Gasteiger partial charge in [-0.05, 0) is 115 Å². The Kier molecular flexibility index (Phi) is 10.5. The molecule has 0 spiro atoms. The van der Waals surface area contributed by atoms with Crippen LogP contribution in [0.15, 0.2) is 273 Å². The molecule has 2 aromatic heterocycles. The third-order valence-corrected chi connectivity index (χ3v) is 13.8. The van der Waals surface area contributed by atoms with Crippen molar-refractivity contribution < 1.29 is 0 Å². The molecule has 0 amide bonds. The molecule has 0 saturated carbocycles. The van der Waals surface area contributed by atoms with E-state index in [2.05, 4.69) is 278 Å². The number of benzene rings is 11. The average Bonchev–Trinajstić information content (AvgIpc) is 3.80. The summed E-state index contributed by atoms with van der Waals surface area (Å²) in [5.41, 5.74) is 19.9. The van der Waals surface area contributed by atoms with Crippen molar-refractivity contribution in [1.82, 2.24) is 14.5 Å². The highest BCUT2D eigenvalue weighted by molar-refractivity contribution is 6.09. The van der Waals surface area contributed by atoms with Gasteiger partial charge in [0.25, 0.3) is 0 Å². The van der Waals surface area contributed by atoms with E-state index < -0.39 is 0 Å². The van der Waals surface area contributed by atoms with Crippen LogP contribution in [0.1, 0.15) is 0 Å². The molecular formula is C68H45N3. The molecule has 13 rings (SSSR count). The van der Waals surface area contributed by atoms with E-state index in [4.69, 9.17) is 9.97 Å². The maximum absolute atomic E-state index is 5.32. The molecule has 2 heterocycles. The molecule has 0 atom stereocenters. The van der Waals surface area contributed by atoms with E-state index in [9.17, 15) is 0 Å². The second-order valence-electron chi connectivity index (χ2n) is 18.2. The van der Waals surface area contributed by atoms with Gasteiger partial charge in [0, 0.05) is 33.2 Å². The number of rotatable bonds is 9. The van der Waals surface area contributed by atoms with Gasteiger partial charge in [-0.25, -0.2) is 9.97 Å². The Balaban J connectivity index is 0.865. The van der Waals surface area contributed by atoms with Crippen LogP contribution in [0.4, 0.5) is 0 Å². The van der Waals surface area contributed by atoms with Gasteiger partial charge in [0.2, 0.25) is 0 Å². The third kappa shape index (κ3) is 7.96. The molecule has 0 aliphatic rings. The monoisotopic (exact) mass is 903 g/mol. The predicted octanol–water partition coefficient (Wildman–Crippen LogP) is 18.1. The van der Waals surface area contributed by atoms with Crippen molar-refractivity contribution >= 4 is 32.6 Å². The summed E-state index contributed by atoms with van der Waals surface area (Å²) < 4.78 is 2.37. The van der Waals surface area contributed by atoms with E-state index in [0.29, 0.717) is 5.82 Å². The number of hydrogen-bond donors (Lipinski definition) is 0. The molecule has 0 saturated heterocycles. The Bertz CT molecular complexity index is 4030. The Morgan fingerprint density at radius 2 is 0.634 bits per heavy atom. The Morgan fingerprint density at radius 1 is 0.239 bits per heavy atom. The number of para-hydroxylation sites is 2. The second-order valence-corrected chi connectivity index (χ2v) is 18.2. The molecule has 0 aliphatic heterocycles. The molecule has 332 valence electrons. The van der Waals surface area contributed by atoms with Crippen LogP contribution in [0.5, 0.6) is 0 Å². The molecule has 0 unspecified atom stereocenters. The van der Waals surface area contributed by atoms with E-state index in [-0.39, 0.29) is 0 Å². The van der Waals surface area contributed by atoms with E-state index >= 15 is 0 Å². The molecule has 3 heteroatoms. The first-order valence-electron chi connectivity index (χ1n) is 24.2. The van der Waals surface area contributed by atoms with Crippen molar-refractivity contribution in [3.63, 3.8) is 0 Å². The quantitative estimate of drug-likeness (QED) is 0.144. The summed E-state index contributed by atoms with van der Waals surface area (Å²) >= 11 is 0. The Labute approximate surface area is 413 Å². The highest BCUT2D eigenvalue weighted by atomic mass is 15.0. The van der Waals surface area contributed by atoms with Crippen LogP contribution in [-0.4, -0.2) is 14.5 Å². The fraction of sp³-hybridized carbons (Fsp3) is 0. The van der Waals surface area contributed by atoms with Gasteiger partial charge < -0.3 is 4.57 Å². The maximum atomic E-state index is 5.32. The highest BCUT2D eigenvalue weighted by Crippen LogP contribution is 2.37. The standard InChI is InChI=1S/C68H45N3/c1-2-15-46(16-3-1)52-19-10-21-54(41-52)55-22-11-20-53(42-55)47-33-37-50(38-34-47)64-45-65(70-68(69-64)58-25-12-24-57(43-58)61-30-14-18-49-17-4-5-27-60(49)61)51-39-35-48(36-40-51)56-23-13-26-59(44-56)71-66-31-8-6-28-62(66)63-29-7-9-32-67(63)71/h1-45H. The molecule has 11 aromatic carbocycles. The van der Waals surface area contributed by atoms with Crippen LogP contribution in [0, 0.1) is 0 Å². The summed E-state index contributed by atoms with van der Waals surface area (Å²) in [7, 11) is 0. The Hall–Kier alpha value is -9.44. The molecule has 0 aliphatic carbocycles. The van der Waals surface area contributed by atoms with Crippen molar-refractivity contribution in [3.8, 4) is 95.2 Å². The average molecular weight is 904 g/mol. The molecule has 71 heavy (non-hydrogen) atoms. The largest absolute Gasteiger partial charge is 0.309 e. The lowest BCUT2D eigenvalue weighted by molar-refractivity contribution is 1.18. The molecule has 0 bridgehead atoms. The van der Waals surface area contributed by atoms with E-state index in [0.717, 1.165) is 61.6 Å². The lowest BCUT2D eigenvalue weighted by Crippen LogP contribution is -1.96. The van der Waals surface area contributed by atoms with Crippen molar-refractivity contribution in [2.45, 2.75) is 0 Å². The first-order valence-corrected chi connectivity index (χ1v) is 24.2. The minimum Gasteiger partial charge on any atom is -0.309 e. The second kappa shape index (κ2) is 17.9. The number of aromatic nitrogens is 3. The van der Waals surface area contributed by atoms with Gasteiger partial charge in [-0.2, -0.15) is 0 Å². The van der Waals surface area contributed by atoms with Crippen molar-refractivity contribution in [2.24, 2.45) is 0 Å². The summed E-state index contributed by atoms with van der Waals surface area (Å²) in [6, 6.07) is 97.8. The van der Waals surface area contributed by atoms with Crippen LogP contribution in [0.2, 0.25) is 0 Å². The molecule has 13 aromatic rings. The minimum absolute atomic E-state index is 0.678. The lowest BCUT2D eigenvalue weighted by Gasteiger charge is -2.13. The first-order chi connectivity index (χ1) is 35.2. The minimum atomic E-state index is 0.678. The van der Waals surface area contributed by atoms with Gasteiger partial charge >= 0.3 is 0 Å². The third-order valence-electron chi connectivity index (χ3n) is 13.8. The van der Waals surface area contributed by atoms with Gasteiger partial charge in [-0.1, -0.05) is 224 Å². The van der Waals surface area contributed by atoms with Crippen LogP contribution >= 0.6 is 0 Å². The summed E-state index contributed by atoms with van der Waals surface area (Å²) in [6.45, 7) is 0. The number of hydrogen-bond acceptors (Lipinski definition) is 2. The Morgan fingerprint density at radius 3 is 1.24 bits per heavy atom. The highest BCUT2D eigenvalue weighted by Gasteiger charge is 2.16. The molecular weight excluding hydrogens is 859 g/mol. The predicted molar refractivity (Wildman–Crippen MR) is 297 cm³/mol. The number of fused-ring (bicyclic) bond motifs is 4. The van der Waals surface area contributed by atoms with Gasteiger partial charge in [-0.15, -0.1) is 0 Å². The smallest absolute Gasteiger partial charge is 0.160 e.